The maximum absolute atomic E-state index is 13.1. The van der Waals surface area contributed by atoms with Crippen LogP contribution in [0, 0.1) is 0 Å². The SMILES string of the molecule is CCOC(=O)C1=C(CS(=O)(=O)c2ccc(OC)cc2)NC(=O)N[C@H]1c1cccc(OC)c1. The number of hydrogen-bond acceptors (Lipinski definition) is 7. The van der Waals surface area contributed by atoms with Gasteiger partial charge >= 0.3 is 12.0 Å². The second-order valence-corrected chi connectivity index (χ2v) is 8.84. The number of carbonyl (C=O) groups is 2. The monoisotopic (exact) mass is 460 g/mol. The lowest BCUT2D eigenvalue weighted by molar-refractivity contribution is -0.139. The first kappa shape index (κ1) is 23.1. The van der Waals surface area contributed by atoms with Gasteiger partial charge < -0.3 is 24.8 Å². The van der Waals surface area contributed by atoms with Crippen LogP contribution in [0.2, 0.25) is 0 Å². The summed E-state index contributed by atoms with van der Waals surface area (Å²) in [6.45, 7) is 1.72. The lowest BCUT2D eigenvalue weighted by Crippen LogP contribution is -2.47. The van der Waals surface area contributed by atoms with Crippen LogP contribution in [0.5, 0.6) is 11.5 Å². The first-order chi connectivity index (χ1) is 15.3. The van der Waals surface area contributed by atoms with Gasteiger partial charge in [-0.2, -0.15) is 0 Å². The highest BCUT2D eigenvalue weighted by Gasteiger charge is 2.36. The third kappa shape index (κ3) is 5.02. The Kier molecular flexibility index (Phi) is 7.04. The molecule has 0 bridgehead atoms. The van der Waals surface area contributed by atoms with Crippen molar-refractivity contribution in [1.82, 2.24) is 10.6 Å². The van der Waals surface area contributed by atoms with Crippen molar-refractivity contribution in [2.24, 2.45) is 0 Å². The second kappa shape index (κ2) is 9.73. The molecule has 1 aliphatic heterocycles. The predicted octanol–water partition coefficient (Wildman–Crippen LogP) is 2.35. The first-order valence-electron chi connectivity index (χ1n) is 9.77. The van der Waals surface area contributed by atoms with Crippen molar-refractivity contribution >= 4 is 21.8 Å². The summed E-state index contributed by atoms with van der Waals surface area (Å²) < 4.78 is 41.6. The molecule has 2 aromatic carbocycles. The number of amides is 2. The highest BCUT2D eigenvalue weighted by Crippen LogP contribution is 2.31. The smallest absolute Gasteiger partial charge is 0.338 e. The molecule has 1 heterocycles. The highest BCUT2D eigenvalue weighted by atomic mass is 32.2. The molecular weight excluding hydrogens is 436 g/mol. The fraction of sp³-hybridized carbons (Fsp3) is 0.273. The summed E-state index contributed by atoms with van der Waals surface area (Å²) in [7, 11) is -0.926. The van der Waals surface area contributed by atoms with Crippen molar-refractivity contribution in [2.75, 3.05) is 26.6 Å². The Morgan fingerprint density at radius 1 is 1.03 bits per heavy atom. The summed E-state index contributed by atoms with van der Waals surface area (Å²) in [4.78, 5) is 25.3. The summed E-state index contributed by atoms with van der Waals surface area (Å²) in [5.74, 6) is -0.302. The van der Waals surface area contributed by atoms with Gasteiger partial charge in [-0.15, -0.1) is 0 Å². The minimum absolute atomic E-state index is 0.0109. The Labute approximate surface area is 186 Å². The molecule has 9 nitrogen and oxygen atoms in total. The maximum Gasteiger partial charge on any atom is 0.338 e. The van der Waals surface area contributed by atoms with E-state index >= 15 is 0 Å². The Morgan fingerprint density at radius 3 is 2.34 bits per heavy atom. The van der Waals surface area contributed by atoms with Gasteiger partial charge in [0.2, 0.25) is 0 Å². The van der Waals surface area contributed by atoms with Gasteiger partial charge in [0.15, 0.2) is 9.84 Å². The van der Waals surface area contributed by atoms with Crippen LogP contribution in [0.25, 0.3) is 0 Å². The molecule has 0 radical (unpaired) electrons. The minimum atomic E-state index is -3.90. The molecule has 32 heavy (non-hydrogen) atoms. The average molecular weight is 461 g/mol. The van der Waals surface area contributed by atoms with Crippen LogP contribution in [-0.4, -0.2) is 47.0 Å². The van der Waals surface area contributed by atoms with Gasteiger partial charge in [-0.05, 0) is 48.9 Å². The van der Waals surface area contributed by atoms with E-state index in [1.54, 1.807) is 31.2 Å². The van der Waals surface area contributed by atoms with E-state index in [1.807, 2.05) is 0 Å². The van der Waals surface area contributed by atoms with Gasteiger partial charge in [-0.3, -0.25) is 0 Å². The Balaban J connectivity index is 2.08. The fourth-order valence-corrected chi connectivity index (χ4v) is 4.63. The summed E-state index contributed by atoms with van der Waals surface area (Å²) in [6, 6.07) is 11.1. The molecule has 0 spiro atoms. The van der Waals surface area contributed by atoms with Crippen molar-refractivity contribution in [1.29, 1.82) is 0 Å². The van der Waals surface area contributed by atoms with Gasteiger partial charge in [0.05, 0.1) is 43.1 Å². The quantitative estimate of drug-likeness (QED) is 0.580. The van der Waals surface area contributed by atoms with E-state index in [9.17, 15) is 18.0 Å². The summed E-state index contributed by atoms with van der Waals surface area (Å²) in [5.41, 5.74) is 0.509. The molecule has 1 aliphatic rings. The Morgan fingerprint density at radius 2 is 1.72 bits per heavy atom. The van der Waals surface area contributed by atoms with Gasteiger partial charge in [-0.1, -0.05) is 12.1 Å². The molecule has 2 amide bonds. The van der Waals surface area contributed by atoms with E-state index < -0.39 is 33.6 Å². The van der Waals surface area contributed by atoms with E-state index in [1.165, 1.54) is 38.5 Å². The van der Waals surface area contributed by atoms with Crippen molar-refractivity contribution in [2.45, 2.75) is 17.9 Å². The molecule has 170 valence electrons. The molecule has 0 saturated carbocycles. The zero-order chi connectivity index (χ0) is 23.3. The van der Waals surface area contributed by atoms with E-state index in [-0.39, 0.29) is 22.8 Å². The summed E-state index contributed by atoms with van der Waals surface area (Å²) in [5, 5.41) is 5.14. The van der Waals surface area contributed by atoms with Gasteiger partial charge in [-0.25, -0.2) is 18.0 Å². The van der Waals surface area contributed by atoms with Gasteiger partial charge in [0.25, 0.3) is 0 Å². The molecule has 0 aromatic heterocycles. The summed E-state index contributed by atoms with van der Waals surface area (Å²) in [6.07, 6.45) is 0. The zero-order valence-corrected chi connectivity index (χ0v) is 18.7. The molecule has 0 saturated heterocycles. The number of rotatable bonds is 8. The largest absolute Gasteiger partial charge is 0.497 e. The Bertz CT molecular complexity index is 1140. The maximum atomic E-state index is 13.1. The number of urea groups is 1. The second-order valence-electron chi connectivity index (χ2n) is 6.86. The van der Waals surface area contributed by atoms with Crippen molar-refractivity contribution in [3.8, 4) is 11.5 Å². The van der Waals surface area contributed by atoms with Crippen LogP contribution in [0.15, 0.2) is 64.7 Å². The van der Waals surface area contributed by atoms with Crippen molar-refractivity contribution in [3.05, 3.63) is 65.4 Å². The molecular formula is C22H24N2O7S. The van der Waals surface area contributed by atoms with Crippen molar-refractivity contribution in [3.63, 3.8) is 0 Å². The van der Waals surface area contributed by atoms with E-state index in [2.05, 4.69) is 10.6 Å². The van der Waals surface area contributed by atoms with Crippen LogP contribution < -0.4 is 20.1 Å². The van der Waals surface area contributed by atoms with Crippen LogP contribution in [0.4, 0.5) is 4.79 Å². The number of benzene rings is 2. The number of carbonyl (C=O) groups excluding carboxylic acids is 2. The lowest BCUT2D eigenvalue weighted by atomic mass is 9.95. The Hall–Kier alpha value is -3.53. The molecule has 10 heteroatoms. The predicted molar refractivity (Wildman–Crippen MR) is 116 cm³/mol. The van der Waals surface area contributed by atoms with Crippen molar-refractivity contribution < 1.29 is 32.2 Å². The van der Waals surface area contributed by atoms with E-state index in [0.29, 0.717) is 17.1 Å². The van der Waals surface area contributed by atoms with Crippen LogP contribution >= 0.6 is 0 Å². The fourth-order valence-electron chi connectivity index (χ4n) is 3.31. The first-order valence-corrected chi connectivity index (χ1v) is 11.4. The third-order valence-electron chi connectivity index (χ3n) is 4.83. The molecule has 2 N–H and O–H groups in total. The molecule has 0 aliphatic carbocycles. The zero-order valence-electron chi connectivity index (χ0n) is 17.9. The topological polar surface area (TPSA) is 120 Å². The minimum Gasteiger partial charge on any atom is -0.497 e. The number of sulfone groups is 1. The van der Waals surface area contributed by atoms with Crippen LogP contribution in [-0.2, 0) is 19.4 Å². The van der Waals surface area contributed by atoms with E-state index in [4.69, 9.17) is 14.2 Å². The summed E-state index contributed by atoms with van der Waals surface area (Å²) >= 11 is 0. The average Bonchev–Trinajstić information content (AvgIpc) is 2.78. The molecule has 3 rings (SSSR count). The number of methoxy groups -OCH3 is 2. The van der Waals surface area contributed by atoms with Crippen LogP contribution in [0.1, 0.15) is 18.5 Å². The molecule has 1 atom stereocenters. The van der Waals surface area contributed by atoms with Gasteiger partial charge in [0.1, 0.15) is 11.5 Å². The standard InChI is InChI=1S/C22H24N2O7S/c1-4-31-21(25)19-18(13-32(27,28)17-10-8-15(29-2)9-11-17)23-22(26)24-20(19)14-6-5-7-16(12-14)30-3/h5-12,20H,4,13H2,1-3H3,(H2,23,24,26)/t20-/m0/s1. The molecule has 0 unspecified atom stereocenters. The lowest BCUT2D eigenvalue weighted by Gasteiger charge is -2.29. The third-order valence-corrected chi connectivity index (χ3v) is 6.49. The van der Waals surface area contributed by atoms with Crippen LogP contribution in [0.3, 0.4) is 0 Å². The highest BCUT2D eigenvalue weighted by molar-refractivity contribution is 7.91. The normalized spacial score (nSPS) is 16.1. The van der Waals surface area contributed by atoms with E-state index in [0.717, 1.165) is 0 Å². The molecule has 0 fully saturated rings. The molecule has 2 aromatic rings. The number of nitrogens with one attached hydrogen (secondary N) is 2. The number of esters is 1. The van der Waals surface area contributed by atoms with Gasteiger partial charge in [0, 0.05) is 5.70 Å². The number of ether oxygens (including phenoxy) is 3. The number of hydrogen-bond donors (Lipinski definition) is 2.